The van der Waals surface area contributed by atoms with E-state index in [0.717, 1.165) is 30.7 Å². The van der Waals surface area contributed by atoms with Crippen LogP contribution in [0.1, 0.15) is 10.4 Å². The highest BCUT2D eigenvalue weighted by molar-refractivity contribution is 5.95. The van der Waals surface area contributed by atoms with E-state index in [-0.39, 0.29) is 11.5 Å². The quantitative estimate of drug-likeness (QED) is 0.702. The molecule has 1 amide bonds. The minimum absolute atomic E-state index is 0.0781. The molecule has 1 saturated heterocycles. The fourth-order valence-corrected chi connectivity index (χ4v) is 3.32. The zero-order valence-corrected chi connectivity index (χ0v) is 14.5. The molecule has 134 valence electrons. The van der Waals surface area contributed by atoms with Crippen molar-refractivity contribution in [3.05, 3.63) is 70.9 Å². The number of nitrogens with zero attached hydrogens (tertiary/aromatic N) is 5. The molecule has 26 heavy (non-hydrogen) atoms. The standard InChI is InChI=1S/C19H21N5O2/c25-18-5-3-6-20-24(18)13-10-21-8-11-22(12-9-21)19(26)16-14-17-4-1-2-7-23(17)15-16/h1-7,14-15H,8-13H2. The van der Waals surface area contributed by atoms with E-state index in [1.165, 1.54) is 10.7 Å². The number of carbonyl (C=O) groups is 1. The number of aromatic nitrogens is 3. The van der Waals surface area contributed by atoms with E-state index in [1.54, 1.807) is 12.3 Å². The van der Waals surface area contributed by atoms with Crippen LogP contribution in [0.2, 0.25) is 0 Å². The molecule has 0 radical (unpaired) electrons. The van der Waals surface area contributed by atoms with Crippen LogP contribution in [0.5, 0.6) is 0 Å². The maximum absolute atomic E-state index is 12.7. The highest BCUT2D eigenvalue weighted by Gasteiger charge is 2.22. The molecule has 7 nitrogen and oxygen atoms in total. The van der Waals surface area contributed by atoms with Crippen molar-refractivity contribution < 1.29 is 4.79 Å². The Morgan fingerprint density at radius 2 is 1.88 bits per heavy atom. The molecule has 7 heteroatoms. The third-order valence-corrected chi connectivity index (χ3v) is 4.82. The zero-order chi connectivity index (χ0) is 17.9. The molecule has 0 bridgehead atoms. The van der Waals surface area contributed by atoms with Gasteiger partial charge in [0, 0.05) is 62.9 Å². The van der Waals surface area contributed by atoms with Crippen LogP contribution in [0.4, 0.5) is 0 Å². The summed E-state index contributed by atoms with van der Waals surface area (Å²) in [6.45, 7) is 4.33. The van der Waals surface area contributed by atoms with Gasteiger partial charge in [-0.25, -0.2) is 4.68 Å². The minimum atomic E-state index is -0.0814. The average molecular weight is 351 g/mol. The van der Waals surface area contributed by atoms with Crippen LogP contribution in [-0.2, 0) is 6.54 Å². The molecule has 1 aliphatic rings. The van der Waals surface area contributed by atoms with Crippen molar-refractivity contribution in [3.63, 3.8) is 0 Å². The van der Waals surface area contributed by atoms with Gasteiger partial charge in [0.15, 0.2) is 0 Å². The molecular formula is C19H21N5O2. The molecule has 3 aromatic rings. The summed E-state index contributed by atoms with van der Waals surface area (Å²) in [5.74, 6) is 0.0781. The molecule has 0 saturated carbocycles. The van der Waals surface area contributed by atoms with Crippen molar-refractivity contribution in [2.45, 2.75) is 6.54 Å². The van der Waals surface area contributed by atoms with Crippen molar-refractivity contribution in [1.82, 2.24) is 24.0 Å². The maximum Gasteiger partial charge on any atom is 0.266 e. The number of hydrogen-bond acceptors (Lipinski definition) is 4. The normalized spacial score (nSPS) is 15.5. The summed E-state index contributed by atoms with van der Waals surface area (Å²) in [5, 5.41) is 4.08. The van der Waals surface area contributed by atoms with Crippen LogP contribution < -0.4 is 5.56 Å². The van der Waals surface area contributed by atoms with Crippen LogP contribution >= 0.6 is 0 Å². The number of hydrogen-bond donors (Lipinski definition) is 0. The van der Waals surface area contributed by atoms with Crippen LogP contribution in [0.3, 0.4) is 0 Å². The van der Waals surface area contributed by atoms with Crippen molar-refractivity contribution in [2.24, 2.45) is 0 Å². The highest BCUT2D eigenvalue weighted by Crippen LogP contribution is 2.13. The zero-order valence-electron chi connectivity index (χ0n) is 14.5. The highest BCUT2D eigenvalue weighted by atomic mass is 16.2. The second kappa shape index (κ2) is 7.13. The molecule has 3 aromatic heterocycles. The van der Waals surface area contributed by atoms with E-state index >= 15 is 0 Å². The average Bonchev–Trinajstić information content (AvgIpc) is 3.11. The first kappa shape index (κ1) is 16.5. The van der Waals surface area contributed by atoms with Crippen molar-refractivity contribution in [1.29, 1.82) is 0 Å². The minimum Gasteiger partial charge on any atom is -0.336 e. The molecule has 0 spiro atoms. The van der Waals surface area contributed by atoms with Gasteiger partial charge in [-0.1, -0.05) is 6.07 Å². The van der Waals surface area contributed by atoms with Crippen molar-refractivity contribution >= 4 is 11.4 Å². The predicted octanol–water partition coefficient (Wildman–Crippen LogP) is 0.954. The SMILES string of the molecule is O=C(c1cc2ccccn2c1)N1CCN(CCn2ncccc2=O)CC1. The molecule has 4 rings (SSSR count). The predicted molar refractivity (Wildman–Crippen MR) is 98.2 cm³/mol. The molecule has 1 aliphatic heterocycles. The van der Waals surface area contributed by atoms with E-state index in [1.807, 2.05) is 46.0 Å². The van der Waals surface area contributed by atoms with Gasteiger partial charge < -0.3 is 9.30 Å². The van der Waals surface area contributed by atoms with Gasteiger partial charge in [-0.3, -0.25) is 14.5 Å². The number of amides is 1. The molecule has 0 aromatic carbocycles. The molecule has 0 N–H and O–H groups in total. The Morgan fingerprint density at radius 3 is 2.65 bits per heavy atom. The first-order chi connectivity index (χ1) is 12.7. The van der Waals surface area contributed by atoms with Gasteiger partial charge in [0.1, 0.15) is 0 Å². The summed E-state index contributed by atoms with van der Waals surface area (Å²) >= 11 is 0. The van der Waals surface area contributed by atoms with E-state index in [9.17, 15) is 9.59 Å². The molecule has 4 heterocycles. The molecule has 0 unspecified atom stereocenters. The maximum atomic E-state index is 12.7. The van der Waals surface area contributed by atoms with Gasteiger partial charge in [0.2, 0.25) is 0 Å². The summed E-state index contributed by atoms with van der Waals surface area (Å²) in [6.07, 6.45) is 5.46. The van der Waals surface area contributed by atoms with Crippen LogP contribution in [0.15, 0.2) is 59.8 Å². The summed E-state index contributed by atoms with van der Waals surface area (Å²) in [7, 11) is 0. The fourth-order valence-electron chi connectivity index (χ4n) is 3.32. The number of piperazine rings is 1. The number of carbonyl (C=O) groups excluding carboxylic acids is 1. The molecular weight excluding hydrogens is 330 g/mol. The van der Waals surface area contributed by atoms with Crippen LogP contribution in [0.25, 0.3) is 5.52 Å². The smallest absolute Gasteiger partial charge is 0.266 e. The second-order valence-corrected chi connectivity index (χ2v) is 6.48. The molecule has 0 atom stereocenters. The van der Waals surface area contributed by atoms with Gasteiger partial charge in [0.05, 0.1) is 12.1 Å². The largest absolute Gasteiger partial charge is 0.336 e. The lowest BCUT2D eigenvalue weighted by atomic mass is 10.2. The Kier molecular flexibility index (Phi) is 4.53. The Hall–Kier alpha value is -2.93. The Morgan fingerprint density at radius 1 is 1.04 bits per heavy atom. The van der Waals surface area contributed by atoms with E-state index in [4.69, 9.17) is 0 Å². The topological polar surface area (TPSA) is 62.9 Å². The first-order valence-corrected chi connectivity index (χ1v) is 8.81. The lowest BCUT2D eigenvalue weighted by Crippen LogP contribution is -2.49. The third kappa shape index (κ3) is 3.39. The Labute approximate surface area is 151 Å². The first-order valence-electron chi connectivity index (χ1n) is 8.81. The number of rotatable bonds is 4. The van der Waals surface area contributed by atoms with Crippen LogP contribution in [-0.4, -0.2) is 62.6 Å². The summed E-state index contributed by atoms with van der Waals surface area (Å²) < 4.78 is 3.44. The lowest BCUT2D eigenvalue weighted by Gasteiger charge is -2.34. The summed E-state index contributed by atoms with van der Waals surface area (Å²) in [6, 6.07) is 11.0. The van der Waals surface area contributed by atoms with E-state index < -0.39 is 0 Å². The van der Waals surface area contributed by atoms with Gasteiger partial charge in [-0.15, -0.1) is 0 Å². The van der Waals surface area contributed by atoms with Crippen LogP contribution in [0, 0.1) is 0 Å². The third-order valence-electron chi connectivity index (χ3n) is 4.82. The van der Waals surface area contributed by atoms with Gasteiger partial charge in [0.25, 0.3) is 11.5 Å². The summed E-state index contributed by atoms with van der Waals surface area (Å²) in [5.41, 5.74) is 1.67. The molecule has 0 aliphatic carbocycles. The van der Waals surface area contributed by atoms with Gasteiger partial charge in [-0.2, -0.15) is 5.10 Å². The Bertz CT molecular complexity index is 936. The number of pyridine rings is 1. The van der Waals surface area contributed by atoms with Gasteiger partial charge >= 0.3 is 0 Å². The fraction of sp³-hybridized carbons (Fsp3) is 0.316. The van der Waals surface area contributed by atoms with E-state index in [2.05, 4.69) is 10.00 Å². The molecule has 1 fully saturated rings. The van der Waals surface area contributed by atoms with E-state index in [0.29, 0.717) is 19.6 Å². The lowest BCUT2D eigenvalue weighted by molar-refractivity contribution is 0.0631. The van der Waals surface area contributed by atoms with Crippen molar-refractivity contribution in [2.75, 3.05) is 32.7 Å². The van der Waals surface area contributed by atoms with Crippen molar-refractivity contribution in [3.8, 4) is 0 Å². The Balaban J connectivity index is 1.33. The second-order valence-electron chi connectivity index (χ2n) is 6.48. The monoisotopic (exact) mass is 351 g/mol. The number of fused-ring (bicyclic) bond motifs is 1. The van der Waals surface area contributed by atoms with Gasteiger partial charge in [-0.05, 0) is 24.3 Å². The summed E-state index contributed by atoms with van der Waals surface area (Å²) in [4.78, 5) is 28.6.